The molecule has 0 atom stereocenters. The number of amides is 1. The number of alkyl carbamates (subject to hydrolysis) is 1. The van der Waals surface area contributed by atoms with Gasteiger partial charge in [-0.3, -0.25) is 5.32 Å². The van der Waals surface area contributed by atoms with Gasteiger partial charge in [0.1, 0.15) is 12.3 Å². The minimum atomic E-state index is -0.696. The Morgan fingerprint density at radius 2 is 1.95 bits per heavy atom. The maximum Gasteiger partial charge on any atom is 0.412 e. The molecule has 0 aromatic heterocycles. The number of carbonyl (C=O) groups excluding carboxylic acids is 2. The van der Waals surface area contributed by atoms with Crippen LogP contribution in [0.25, 0.3) is 0 Å². The van der Waals surface area contributed by atoms with Crippen molar-refractivity contribution in [1.82, 2.24) is 5.32 Å². The number of nitrogens with one attached hydrogen (secondary N) is 1. The average Bonchev–Trinajstić information content (AvgIpc) is 2.56. The predicted octanol–water partition coefficient (Wildman–Crippen LogP) is 3.38. The first-order valence-corrected chi connectivity index (χ1v) is 7.53. The second kappa shape index (κ2) is 10.7. The third-order valence-corrected chi connectivity index (χ3v) is 3.06. The van der Waals surface area contributed by atoms with Crippen LogP contribution in [0.1, 0.15) is 24.8 Å². The van der Waals surface area contributed by atoms with E-state index >= 15 is 0 Å². The van der Waals surface area contributed by atoms with Crippen LogP contribution < -0.4 is 5.32 Å². The molecule has 5 nitrogen and oxygen atoms in total. The van der Waals surface area contributed by atoms with Crippen LogP contribution in [0.2, 0.25) is 0 Å². The minimum absolute atomic E-state index is 0.0788. The summed E-state index contributed by atoms with van der Waals surface area (Å²) in [4.78, 5) is 23.3. The lowest BCUT2D eigenvalue weighted by Gasteiger charge is -2.09. The number of alkyl halides is 1. The molecule has 0 spiro atoms. The van der Waals surface area contributed by atoms with Crippen LogP contribution in [-0.4, -0.2) is 25.1 Å². The number of benzene rings is 1. The highest BCUT2D eigenvalue weighted by Gasteiger charge is 2.13. The normalized spacial score (nSPS) is 10.9. The second-order valence-electron chi connectivity index (χ2n) is 4.48. The van der Waals surface area contributed by atoms with Gasteiger partial charge in [-0.2, -0.15) is 0 Å². The summed E-state index contributed by atoms with van der Waals surface area (Å²) < 4.78 is 9.69. The van der Waals surface area contributed by atoms with Crippen LogP contribution in [0.5, 0.6) is 0 Å². The molecule has 1 aromatic carbocycles. The number of hydrogen-bond acceptors (Lipinski definition) is 4. The van der Waals surface area contributed by atoms with Gasteiger partial charge in [-0.1, -0.05) is 36.4 Å². The first-order valence-electron chi connectivity index (χ1n) is 6.99. The van der Waals surface area contributed by atoms with E-state index in [9.17, 15) is 9.59 Å². The summed E-state index contributed by atoms with van der Waals surface area (Å²) in [5, 5.41) is 2.41. The molecule has 120 valence electrons. The summed E-state index contributed by atoms with van der Waals surface area (Å²) in [7, 11) is 1.26. The number of rotatable bonds is 8. The van der Waals surface area contributed by atoms with Crippen LogP contribution in [0, 0.1) is 0 Å². The molecule has 0 radical (unpaired) electrons. The Kier molecular flexibility index (Phi) is 8.76. The van der Waals surface area contributed by atoms with Gasteiger partial charge in [0.25, 0.3) is 0 Å². The van der Waals surface area contributed by atoms with Crippen LogP contribution >= 0.6 is 11.6 Å². The molecule has 6 heteroatoms. The summed E-state index contributed by atoms with van der Waals surface area (Å²) >= 11 is 5.59. The fraction of sp³-hybridized carbons (Fsp3) is 0.375. The Morgan fingerprint density at radius 1 is 1.23 bits per heavy atom. The van der Waals surface area contributed by atoms with Crippen LogP contribution in [0.3, 0.4) is 0 Å². The first-order chi connectivity index (χ1) is 10.7. The maximum absolute atomic E-state index is 11.7. The van der Waals surface area contributed by atoms with E-state index in [1.54, 1.807) is 6.08 Å². The number of allylic oxidation sites excluding steroid dienone is 1. The first kappa shape index (κ1) is 18.0. The molecule has 0 aliphatic carbocycles. The van der Waals surface area contributed by atoms with Crippen LogP contribution in [-0.2, 0) is 20.9 Å². The average molecular weight is 326 g/mol. The molecule has 0 fully saturated rings. The number of esters is 1. The summed E-state index contributed by atoms with van der Waals surface area (Å²) in [5.41, 5.74) is 0.943. The Labute approximate surface area is 135 Å². The molecule has 0 saturated carbocycles. The van der Waals surface area contributed by atoms with Gasteiger partial charge in [0.15, 0.2) is 0 Å². The van der Waals surface area contributed by atoms with Crippen molar-refractivity contribution in [2.45, 2.75) is 25.9 Å². The van der Waals surface area contributed by atoms with Crippen molar-refractivity contribution in [3.8, 4) is 0 Å². The van der Waals surface area contributed by atoms with Crippen LogP contribution in [0.15, 0.2) is 42.1 Å². The van der Waals surface area contributed by atoms with Gasteiger partial charge in [-0.15, -0.1) is 11.6 Å². The molecule has 0 unspecified atom stereocenters. The van der Waals surface area contributed by atoms with Crippen molar-refractivity contribution < 1.29 is 19.1 Å². The number of hydrogen-bond donors (Lipinski definition) is 1. The molecule has 0 aliphatic rings. The molecular formula is C16H20ClNO4. The van der Waals surface area contributed by atoms with Gasteiger partial charge in [0.2, 0.25) is 0 Å². The van der Waals surface area contributed by atoms with E-state index in [0.29, 0.717) is 12.3 Å². The molecule has 22 heavy (non-hydrogen) atoms. The fourth-order valence-corrected chi connectivity index (χ4v) is 1.84. The monoisotopic (exact) mass is 325 g/mol. The Morgan fingerprint density at radius 3 is 2.59 bits per heavy atom. The molecular weight excluding hydrogens is 306 g/mol. The SMILES string of the molecule is COC(=O)/C(=C/CCCCCl)NC(=O)OCc1ccccc1. The second-order valence-corrected chi connectivity index (χ2v) is 4.86. The topological polar surface area (TPSA) is 64.6 Å². The van der Waals surface area contributed by atoms with Crippen molar-refractivity contribution in [1.29, 1.82) is 0 Å². The number of carbonyl (C=O) groups is 2. The lowest BCUT2D eigenvalue weighted by molar-refractivity contribution is -0.136. The van der Waals surface area contributed by atoms with Gasteiger partial charge in [0.05, 0.1) is 7.11 Å². The molecule has 1 aromatic rings. The molecule has 1 amide bonds. The van der Waals surface area contributed by atoms with E-state index < -0.39 is 12.1 Å². The van der Waals surface area contributed by atoms with Crippen molar-refractivity contribution in [2.75, 3.05) is 13.0 Å². The van der Waals surface area contributed by atoms with E-state index in [-0.39, 0.29) is 12.3 Å². The van der Waals surface area contributed by atoms with E-state index in [4.69, 9.17) is 16.3 Å². The molecule has 0 heterocycles. The van der Waals surface area contributed by atoms with E-state index in [2.05, 4.69) is 10.1 Å². The van der Waals surface area contributed by atoms with E-state index in [1.807, 2.05) is 30.3 Å². The Hall–Kier alpha value is -2.01. The lowest BCUT2D eigenvalue weighted by Crippen LogP contribution is -2.28. The Balaban J connectivity index is 2.49. The summed E-state index contributed by atoms with van der Waals surface area (Å²) in [6, 6.07) is 9.27. The smallest absolute Gasteiger partial charge is 0.412 e. The fourth-order valence-electron chi connectivity index (χ4n) is 1.65. The number of ether oxygens (including phenoxy) is 2. The zero-order valence-electron chi connectivity index (χ0n) is 12.5. The van der Waals surface area contributed by atoms with Gasteiger partial charge >= 0.3 is 12.1 Å². The third-order valence-electron chi connectivity index (χ3n) is 2.79. The lowest BCUT2D eigenvalue weighted by atomic mass is 10.2. The van der Waals surface area contributed by atoms with Gasteiger partial charge in [-0.05, 0) is 24.8 Å². The van der Waals surface area contributed by atoms with Crippen molar-refractivity contribution in [3.05, 3.63) is 47.7 Å². The summed E-state index contributed by atoms with van der Waals surface area (Å²) in [5.74, 6) is -0.0453. The molecule has 1 N–H and O–H groups in total. The van der Waals surface area contributed by atoms with Crippen molar-refractivity contribution in [2.24, 2.45) is 0 Å². The van der Waals surface area contributed by atoms with Crippen LogP contribution in [0.4, 0.5) is 4.79 Å². The van der Waals surface area contributed by atoms with E-state index in [1.165, 1.54) is 7.11 Å². The molecule has 0 saturated heterocycles. The molecule has 0 aliphatic heterocycles. The van der Waals surface area contributed by atoms with Gasteiger partial charge in [0, 0.05) is 5.88 Å². The van der Waals surface area contributed by atoms with Crippen molar-refractivity contribution in [3.63, 3.8) is 0 Å². The number of methoxy groups -OCH3 is 1. The highest BCUT2D eigenvalue weighted by atomic mass is 35.5. The predicted molar refractivity (Wildman–Crippen MR) is 84.4 cm³/mol. The zero-order valence-corrected chi connectivity index (χ0v) is 13.3. The highest BCUT2D eigenvalue weighted by Crippen LogP contribution is 2.04. The van der Waals surface area contributed by atoms with Crippen molar-refractivity contribution >= 4 is 23.7 Å². The third kappa shape index (κ3) is 7.13. The summed E-state index contributed by atoms with van der Waals surface area (Å²) in [6.45, 7) is 0.132. The maximum atomic E-state index is 11.7. The van der Waals surface area contributed by atoms with Gasteiger partial charge < -0.3 is 9.47 Å². The van der Waals surface area contributed by atoms with E-state index in [0.717, 1.165) is 18.4 Å². The molecule has 0 bridgehead atoms. The quantitative estimate of drug-likeness (QED) is 0.344. The van der Waals surface area contributed by atoms with Gasteiger partial charge in [-0.25, -0.2) is 9.59 Å². The minimum Gasteiger partial charge on any atom is -0.464 e. The highest BCUT2D eigenvalue weighted by molar-refractivity contribution is 6.17. The largest absolute Gasteiger partial charge is 0.464 e. The Bertz CT molecular complexity index is 502. The summed E-state index contributed by atoms with van der Waals surface area (Å²) in [6.07, 6.45) is 3.20. The number of unbranched alkanes of at least 4 members (excludes halogenated alkanes) is 2. The number of halogens is 1. The molecule has 1 rings (SSSR count). The standard InChI is InChI=1S/C16H20ClNO4/c1-21-15(19)14(10-6-3-7-11-17)18-16(20)22-12-13-8-4-2-5-9-13/h2,4-5,8-10H,3,6-7,11-12H2,1H3,(H,18,20)/b14-10-. The zero-order chi connectivity index (χ0) is 16.2.